The molecule has 1 aromatic carbocycles. The molecule has 18 heavy (non-hydrogen) atoms. The summed E-state index contributed by atoms with van der Waals surface area (Å²) in [6.45, 7) is 0.0984. The van der Waals surface area contributed by atoms with Crippen LogP contribution in [0.1, 0.15) is 12.0 Å². The van der Waals surface area contributed by atoms with Gasteiger partial charge in [0.25, 0.3) is 5.97 Å². The van der Waals surface area contributed by atoms with Gasteiger partial charge in [0.05, 0.1) is 0 Å². The molecule has 1 heterocycles. The standard InChI is InChI=1S/C11H11FNO3.2Rh/c12-8-3-1-7(2-4-8)6-16-11(15)9-5-10(14)13-9;;/h1-4,9-10,14H,5-6H2;;/q-1;;/t9-,10?;;/m0../s1. The fourth-order valence-electron chi connectivity index (χ4n) is 1.38. The first-order valence-electron chi connectivity index (χ1n) is 4.94. The van der Waals surface area contributed by atoms with Gasteiger partial charge in [-0.2, -0.15) is 0 Å². The number of carbonyl (C=O) groups excluding carboxylic acids is 1. The van der Waals surface area contributed by atoms with Crippen molar-refractivity contribution in [3.05, 3.63) is 41.0 Å². The Labute approximate surface area is 130 Å². The molecular weight excluding hydrogens is 419 g/mol. The molecule has 1 saturated heterocycles. The zero-order valence-corrected chi connectivity index (χ0v) is 12.4. The first-order valence-corrected chi connectivity index (χ1v) is 4.94. The van der Waals surface area contributed by atoms with E-state index in [0.29, 0.717) is 6.42 Å². The second-order valence-corrected chi connectivity index (χ2v) is 3.62. The Hall–Kier alpha value is -0.213. The Bertz CT molecular complexity index is 382. The molecular formula is C11H11FNO3Rh2-. The molecule has 1 fully saturated rings. The number of aliphatic hydroxyl groups excluding tert-OH is 1. The van der Waals surface area contributed by atoms with Crippen LogP contribution in [-0.2, 0) is 55.1 Å². The molecule has 1 N–H and O–H groups in total. The molecule has 0 bridgehead atoms. The molecule has 7 heteroatoms. The summed E-state index contributed by atoms with van der Waals surface area (Å²) in [5.41, 5.74) is 0.717. The minimum absolute atomic E-state index is 0. The second kappa shape index (κ2) is 8.06. The van der Waals surface area contributed by atoms with Crippen molar-refractivity contribution in [1.29, 1.82) is 0 Å². The van der Waals surface area contributed by atoms with Crippen molar-refractivity contribution in [2.45, 2.75) is 25.3 Å². The van der Waals surface area contributed by atoms with E-state index >= 15 is 0 Å². The van der Waals surface area contributed by atoms with Crippen molar-refractivity contribution in [2.24, 2.45) is 0 Å². The average molecular weight is 430 g/mol. The van der Waals surface area contributed by atoms with Gasteiger partial charge < -0.3 is 15.2 Å². The Balaban J connectivity index is 0.00000144. The van der Waals surface area contributed by atoms with Gasteiger partial charge >= 0.3 is 0 Å². The van der Waals surface area contributed by atoms with Gasteiger partial charge in [-0.1, -0.05) is 18.6 Å². The van der Waals surface area contributed by atoms with Crippen LogP contribution in [0, 0.1) is 5.82 Å². The van der Waals surface area contributed by atoms with E-state index in [0.717, 1.165) is 5.56 Å². The molecule has 0 aliphatic carbocycles. The number of halogens is 1. The molecule has 2 rings (SSSR count). The van der Waals surface area contributed by atoms with Gasteiger partial charge in [-0.05, 0) is 30.0 Å². The number of carbonyl (C=O) groups is 1. The van der Waals surface area contributed by atoms with Gasteiger partial charge in [-0.3, -0.25) is 4.79 Å². The van der Waals surface area contributed by atoms with Crippen LogP contribution in [0.3, 0.4) is 0 Å². The van der Waals surface area contributed by atoms with E-state index in [1.807, 2.05) is 0 Å². The summed E-state index contributed by atoms with van der Waals surface area (Å²) >= 11 is 0. The predicted octanol–water partition coefficient (Wildman–Crippen LogP) is 1.33. The quantitative estimate of drug-likeness (QED) is 0.582. The molecule has 1 aliphatic rings. The van der Waals surface area contributed by atoms with Crippen molar-refractivity contribution in [2.75, 3.05) is 0 Å². The average Bonchev–Trinajstić information content (AvgIpc) is 2.24. The Morgan fingerprint density at radius 3 is 2.44 bits per heavy atom. The van der Waals surface area contributed by atoms with Gasteiger partial charge in [0, 0.05) is 39.0 Å². The molecule has 4 nitrogen and oxygen atoms in total. The van der Waals surface area contributed by atoms with E-state index in [9.17, 15) is 9.18 Å². The molecule has 1 aromatic rings. The molecule has 1 aliphatic heterocycles. The van der Waals surface area contributed by atoms with Gasteiger partial charge in [-0.25, -0.2) is 4.39 Å². The van der Waals surface area contributed by atoms with Crippen LogP contribution in [0.5, 0.6) is 0 Å². The van der Waals surface area contributed by atoms with E-state index in [-0.39, 0.29) is 51.4 Å². The van der Waals surface area contributed by atoms with Crippen LogP contribution < -0.4 is 0 Å². The summed E-state index contributed by atoms with van der Waals surface area (Å²) in [6, 6.07) is 5.17. The minimum Gasteiger partial charge on any atom is -0.625 e. The van der Waals surface area contributed by atoms with Crippen molar-refractivity contribution < 1.29 is 58.0 Å². The monoisotopic (exact) mass is 430 g/mol. The van der Waals surface area contributed by atoms with Crippen LogP contribution in [0.25, 0.3) is 5.32 Å². The maximum Gasteiger partial charge on any atom is 0.288 e. The Kier molecular flexibility index (Phi) is 7.96. The van der Waals surface area contributed by atoms with Gasteiger partial charge in [0.2, 0.25) is 0 Å². The van der Waals surface area contributed by atoms with E-state index in [1.165, 1.54) is 12.1 Å². The summed E-state index contributed by atoms with van der Waals surface area (Å²) in [5, 5.41) is 12.5. The fourth-order valence-corrected chi connectivity index (χ4v) is 1.38. The van der Waals surface area contributed by atoms with Crippen LogP contribution in [-0.4, -0.2) is 23.3 Å². The maximum absolute atomic E-state index is 12.6. The van der Waals surface area contributed by atoms with Crippen LogP contribution >= 0.6 is 0 Å². The molecule has 2 radical (unpaired) electrons. The third-order valence-corrected chi connectivity index (χ3v) is 2.35. The number of aliphatic hydroxyl groups is 1. The zero-order valence-electron chi connectivity index (χ0n) is 9.13. The molecule has 1 unspecified atom stereocenters. The number of hydrogen-bond acceptors (Lipinski definition) is 3. The first-order chi connectivity index (χ1) is 7.65. The summed E-state index contributed by atoms with van der Waals surface area (Å²) in [6.07, 6.45) is -0.411. The summed E-state index contributed by atoms with van der Waals surface area (Å²) < 4.78 is 17.5. The number of hydrogen-bond donors (Lipinski definition) is 1. The fraction of sp³-hybridized carbons (Fsp3) is 0.364. The van der Waals surface area contributed by atoms with Crippen molar-refractivity contribution in [1.82, 2.24) is 0 Å². The van der Waals surface area contributed by atoms with Gasteiger partial charge in [-0.15, -0.1) is 0 Å². The number of rotatable bonds is 3. The summed E-state index contributed by atoms with van der Waals surface area (Å²) in [4.78, 5) is 11.3. The second-order valence-electron chi connectivity index (χ2n) is 3.62. The SMILES string of the molecule is O=C(OCc1ccc(F)cc1)[C@@H]1CC(O)[N-]1.[Rh].[Rh]. The van der Waals surface area contributed by atoms with Crippen LogP contribution in [0.2, 0.25) is 0 Å². The van der Waals surface area contributed by atoms with E-state index in [4.69, 9.17) is 9.84 Å². The number of benzene rings is 1. The molecule has 0 aromatic heterocycles. The minimum atomic E-state index is -0.733. The molecule has 0 amide bonds. The van der Waals surface area contributed by atoms with Gasteiger partial charge in [0.15, 0.2) is 0 Å². The normalized spacial score (nSPS) is 21.0. The summed E-state index contributed by atoms with van der Waals surface area (Å²) in [5.74, 6) is -0.776. The van der Waals surface area contributed by atoms with Crippen LogP contribution in [0.4, 0.5) is 4.39 Å². The van der Waals surface area contributed by atoms with Crippen LogP contribution in [0.15, 0.2) is 24.3 Å². The maximum atomic E-state index is 12.6. The topological polar surface area (TPSA) is 60.6 Å². The Morgan fingerprint density at radius 2 is 1.94 bits per heavy atom. The van der Waals surface area contributed by atoms with Crippen molar-refractivity contribution in [3.63, 3.8) is 0 Å². The smallest absolute Gasteiger partial charge is 0.288 e. The largest absolute Gasteiger partial charge is 0.625 e. The van der Waals surface area contributed by atoms with E-state index in [2.05, 4.69) is 5.32 Å². The summed E-state index contributed by atoms with van der Waals surface area (Å²) in [7, 11) is 0. The number of esters is 1. The van der Waals surface area contributed by atoms with E-state index in [1.54, 1.807) is 12.1 Å². The first kappa shape index (κ1) is 17.8. The number of ether oxygens (including phenoxy) is 1. The van der Waals surface area contributed by atoms with Gasteiger partial charge in [0.1, 0.15) is 12.4 Å². The third-order valence-electron chi connectivity index (χ3n) is 2.35. The molecule has 0 spiro atoms. The molecule has 2 atom stereocenters. The van der Waals surface area contributed by atoms with Crippen molar-refractivity contribution >= 4 is 5.97 Å². The number of nitrogens with zero attached hydrogens (tertiary/aromatic N) is 1. The Morgan fingerprint density at radius 1 is 1.39 bits per heavy atom. The molecule has 104 valence electrons. The predicted molar refractivity (Wildman–Crippen MR) is 54.0 cm³/mol. The zero-order chi connectivity index (χ0) is 11.5. The third kappa shape index (κ3) is 4.81. The van der Waals surface area contributed by atoms with E-state index < -0.39 is 18.2 Å². The molecule has 0 saturated carbocycles. The van der Waals surface area contributed by atoms with Crippen molar-refractivity contribution in [3.8, 4) is 0 Å².